The number of carbonyl (C=O) groups excluding carboxylic acids is 2. The Morgan fingerprint density at radius 2 is 0.879 bits per heavy atom. The summed E-state index contributed by atoms with van der Waals surface area (Å²) in [6.45, 7) is 3.21. The summed E-state index contributed by atoms with van der Waals surface area (Å²) < 4.78 is 1.99. The van der Waals surface area contributed by atoms with Gasteiger partial charge in [0.15, 0.2) is 11.6 Å². The van der Waals surface area contributed by atoms with Crippen molar-refractivity contribution >= 4 is 43.4 Å². The SMILES string of the molecule is CC(=O)c1ccc2c(c1)C1(c3cc(Br)ccc3-2)c2cc(Br)ccc2-c2ccc(C(C)=O)cc21. The van der Waals surface area contributed by atoms with Crippen LogP contribution in [0.5, 0.6) is 0 Å². The van der Waals surface area contributed by atoms with Crippen LogP contribution in [0.4, 0.5) is 0 Å². The standard InChI is InChI=1S/C29H18Br2O2/c1-15(32)17-3-7-21-23-9-5-19(30)13-27(23)29(25(21)11-17)26-12-18(16(2)33)4-8-22(26)24-10-6-20(31)14-28(24)29/h3-14H,1-2H3. The van der Waals surface area contributed by atoms with Gasteiger partial charge in [0.2, 0.25) is 0 Å². The molecule has 160 valence electrons. The van der Waals surface area contributed by atoms with Crippen molar-refractivity contribution in [1.29, 1.82) is 0 Å². The van der Waals surface area contributed by atoms with Gasteiger partial charge in [-0.1, -0.05) is 68.3 Å². The van der Waals surface area contributed by atoms with Crippen LogP contribution in [0.25, 0.3) is 22.3 Å². The Bertz CT molecular complexity index is 1430. The lowest BCUT2D eigenvalue weighted by Crippen LogP contribution is -2.26. The molecule has 0 saturated heterocycles. The van der Waals surface area contributed by atoms with Crippen molar-refractivity contribution in [2.45, 2.75) is 19.3 Å². The van der Waals surface area contributed by atoms with Gasteiger partial charge in [0.05, 0.1) is 5.41 Å². The Kier molecular flexibility index (Phi) is 4.46. The molecule has 0 fully saturated rings. The average Bonchev–Trinajstić information content (AvgIpc) is 3.24. The molecule has 4 aromatic carbocycles. The van der Waals surface area contributed by atoms with E-state index in [9.17, 15) is 9.59 Å². The van der Waals surface area contributed by atoms with Gasteiger partial charge in [-0.15, -0.1) is 0 Å². The highest BCUT2D eigenvalue weighted by atomic mass is 79.9. The van der Waals surface area contributed by atoms with Gasteiger partial charge in [0.25, 0.3) is 0 Å². The summed E-state index contributed by atoms with van der Waals surface area (Å²) in [6, 6.07) is 24.8. The minimum Gasteiger partial charge on any atom is -0.295 e. The molecule has 4 heteroatoms. The first-order chi connectivity index (χ1) is 15.8. The van der Waals surface area contributed by atoms with Gasteiger partial charge < -0.3 is 0 Å². The van der Waals surface area contributed by atoms with E-state index >= 15 is 0 Å². The van der Waals surface area contributed by atoms with E-state index in [4.69, 9.17) is 0 Å². The maximum Gasteiger partial charge on any atom is 0.159 e. The lowest BCUT2D eigenvalue weighted by atomic mass is 9.70. The summed E-state index contributed by atoms with van der Waals surface area (Å²) in [6.07, 6.45) is 0. The first kappa shape index (κ1) is 20.8. The van der Waals surface area contributed by atoms with Crippen LogP contribution >= 0.6 is 31.9 Å². The van der Waals surface area contributed by atoms with Crippen molar-refractivity contribution in [1.82, 2.24) is 0 Å². The molecule has 0 heterocycles. The molecule has 0 saturated carbocycles. The highest BCUT2D eigenvalue weighted by Gasteiger charge is 2.52. The van der Waals surface area contributed by atoms with Crippen LogP contribution in [0.3, 0.4) is 0 Å². The summed E-state index contributed by atoms with van der Waals surface area (Å²) in [7, 11) is 0. The lowest BCUT2D eigenvalue weighted by Gasteiger charge is -2.31. The van der Waals surface area contributed by atoms with Crippen LogP contribution in [0.1, 0.15) is 56.8 Å². The molecule has 4 aromatic rings. The van der Waals surface area contributed by atoms with Crippen molar-refractivity contribution in [3.63, 3.8) is 0 Å². The molecule has 0 amide bonds. The Morgan fingerprint density at radius 1 is 0.545 bits per heavy atom. The zero-order valence-corrected chi connectivity index (χ0v) is 21.2. The van der Waals surface area contributed by atoms with Crippen molar-refractivity contribution < 1.29 is 9.59 Å². The predicted octanol–water partition coefficient (Wildman–Crippen LogP) is 7.96. The predicted molar refractivity (Wildman–Crippen MR) is 138 cm³/mol. The fraction of sp³-hybridized carbons (Fsp3) is 0.103. The third-order valence-electron chi connectivity index (χ3n) is 7.01. The Balaban J connectivity index is 1.85. The number of Topliss-reactive ketones (excluding diaryl/α,β-unsaturated/α-hetero) is 2. The van der Waals surface area contributed by atoms with E-state index in [1.54, 1.807) is 13.8 Å². The molecule has 1 spiro atoms. The van der Waals surface area contributed by atoms with E-state index in [0.29, 0.717) is 11.1 Å². The number of fused-ring (bicyclic) bond motifs is 10. The van der Waals surface area contributed by atoms with E-state index < -0.39 is 5.41 Å². The number of rotatable bonds is 2. The number of ketones is 2. The number of benzene rings is 4. The third kappa shape index (κ3) is 2.71. The van der Waals surface area contributed by atoms with Crippen molar-refractivity contribution in [3.05, 3.63) is 115 Å². The summed E-state index contributed by atoms with van der Waals surface area (Å²) in [4.78, 5) is 24.8. The van der Waals surface area contributed by atoms with Gasteiger partial charge >= 0.3 is 0 Å². The van der Waals surface area contributed by atoms with Crippen LogP contribution in [-0.4, -0.2) is 11.6 Å². The summed E-state index contributed by atoms with van der Waals surface area (Å²) in [5.41, 5.74) is 9.79. The van der Waals surface area contributed by atoms with E-state index in [1.807, 2.05) is 24.3 Å². The van der Waals surface area contributed by atoms with Gasteiger partial charge in [-0.25, -0.2) is 0 Å². The second-order valence-corrected chi connectivity index (χ2v) is 10.6. The fourth-order valence-corrected chi connectivity index (χ4v) is 6.33. The second kappa shape index (κ2) is 7.09. The largest absolute Gasteiger partial charge is 0.295 e. The van der Waals surface area contributed by atoms with Gasteiger partial charge in [-0.05, 0) is 94.8 Å². The molecule has 0 unspecified atom stereocenters. The van der Waals surface area contributed by atoms with Crippen LogP contribution in [0.2, 0.25) is 0 Å². The molecule has 0 aromatic heterocycles. The van der Waals surface area contributed by atoms with Crippen molar-refractivity contribution in [3.8, 4) is 22.3 Å². The number of hydrogen-bond donors (Lipinski definition) is 0. The van der Waals surface area contributed by atoms with Crippen LogP contribution in [-0.2, 0) is 5.41 Å². The molecule has 0 N–H and O–H groups in total. The van der Waals surface area contributed by atoms with Crippen molar-refractivity contribution in [2.75, 3.05) is 0 Å². The molecule has 0 atom stereocenters. The average molecular weight is 558 g/mol. The van der Waals surface area contributed by atoms with Crippen LogP contribution in [0.15, 0.2) is 81.7 Å². The van der Waals surface area contributed by atoms with E-state index in [-0.39, 0.29) is 11.6 Å². The fourth-order valence-electron chi connectivity index (χ4n) is 5.61. The zero-order chi connectivity index (χ0) is 23.1. The van der Waals surface area contributed by atoms with Gasteiger partial charge in [0, 0.05) is 20.1 Å². The monoisotopic (exact) mass is 556 g/mol. The molecule has 6 rings (SSSR count). The molecule has 0 bridgehead atoms. The normalized spacial score (nSPS) is 13.9. The highest BCUT2D eigenvalue weighted by molar-refractivity contribution is 9.10. The highest BCUT2D eigenvalue weighted by Crippen LogP contribution is 2.63. The number of hydrogen-bond acceptors (Lipinski definition) is 2. The minimum absolute atomic E-state index is 0.0373. The summed E-state index contributed by atoms with van der Waals surface area (Å²) in [5.74, 6) is 0.0746. The third-order valence-corrected chi connectivity index (χ3v) is 8.00. The number of carbonyl (C=O) groups is 2. The van der Waals surface area contributed by atoms with E-state index in [2.05, 4.69) is 80.4 Å². The van der Waals surface area contributed by atoms with Crippen LogP contribution < -0.4 is 0 Å². The summed E-state index contributed by atoms with van der Waals surface area (Å²) in [5, 5.41) is 0. The van der Waals surface area contributed by atoms with Gasteiger partial charge in [-0.2, -0.15) is 0 Å². The maximum atomic E-state index is 12.4. The molecular formula is C29H18Br2O2. The Hall–Kier alpha value is -2.82. The molecule has 2 nitrogen and oxygen atoms in total. The van der Waals surface area contributed by atoms with Crippen LogP contribution in [0, 0.1) is 0 Å². The molecule has 0 radical (unpaired) electrons. The lowest BCUT2D eigenvalue weighted by molar-refractivity contribution is 0.100. The minimum atomic E-state index is -0.611. The molecule has 0 aliphatic heterocycles. The second-order valence-electron chi connectivity index (χ2n) is 8.76. The van der Waals surface area contributed by atoms with Gasteiger partial charge in [0.1, 0.15) is 0 Å². The molecule has 2 aliphatic carbocycles. The smallest absolute Gasteiger partial charge is 0.159 e. The van der Waals surface area contributed by atoms with E-state index in [1.165, 1.54) is 0 Å². The molecular weight excluding hydrogens is 540 g/mol. The van der Waals surface area contributed by atoms with Crippen molar-refractivity contribution in [2.24, 2.45) is 0 Å². The van der Waals surface area contributed by atoms with E-state index in [0.717, 1.165) is 53.5 Å². The Morgan fingerprint density at radius 3 is 1.24 bits per heavy atom. The maximum absolute atomic E-state index is 12.4. The first-order valence-electron chi connectivity index (χ1n) is 10.7. The summed E-state index contributed by atoms with van der Waals surface area (Å²) >= 11 is 7.38. The Labute approximate surface area is 208 Å². The molecule has 2 aliphatic rings. The first-order valence-corrected chi connectivity index (χ1v) is 12.3. The zero-order valence-electron chi connectivity index (χ0n) is 18.0. The van der Waals surface area contributed by atoms with Gasteiger partial charge in [-0.3, -0.25) is 9.59 Å². The quantitative estimate of drug-likeness (QED) is 0.202. The number of halogens is 2. The topological polar surface area (TPSA) is 34.1 Å². The molecule has 33 heavy (non-hydrogen) atoms.